The number of ketones is 1. The third-order valence-electron chi connectivity index (χ3n) is 3.13. The molecule has 0 spiro atoms. The van der Waals surface area contributed by atoms with Gasteiger partial charge in [-0.15, -0.1) is 0 Å². The van der Waals surface area contributed by atoms with E-state index in [0.29, 0.717) is 18.1 Å². The van der Waals surface area contributed by atoms with Gasteiger partial charge in [-0.25, -0.2) is 0 Å². The topological polar surface area (TPSA) is 17.1 Å². The lowest BCUT2D eigenvalue weighted by Gasteiger charge is -2.21. The quantitative estimate of drug-likeness (QED) is 0.713. The number of hydrogen-bond donors (Lipinski definition) is 0. The summed E-state index contributed by atoms with van der Waals surface area (Å²) in [7, 11) is 0. The van der Waals surface area contributed by atoms with Crippen molar-refractivity contribution in [2.45, 2.75) is 39.5 Å². The van der Waals surface area contributed by atoms with Gasteiger partial charge in [-0.05, 0) is 17.9 Å². The van der Waals surface area contributed by atoms with Gasteiger partial charge in [0.05, 0.1) is 0 Å². The third kappa shape index (κ3) is 2.92. The van der Waals surface area contributed by atoms with Crippen LogP contribution in [0.3, 0.4) is 0 Å². The van der Waals surface area contributed by atoms with Gasteiger partial charge >= 0.3 is 0 Å². The molecule has 0 N–H and O–H groups in total. The van der Waals surface area contributed by atoms with E-state index < -0.39 is 0 Å². The lowest BCUT2D eigenvalue weighted by Crippen LogP contribution is -2.19. The normalized spacial score (nSPS) is 14.6. The molecule has 0 fully saturated rings. The van der Waals surface area contributed by atoms with Crippen LogP contribution in [0, 0.1) is 5.92 Å². The summed E-state index contributed by atoms with van der Waals surface area (Å²) in [4.78, 5) is 11.8. The molecule has 1 rings (SSSR count). The predicted molar refractivity (Wildman–Crippen MR) is 63.9 cm³/mol. The molecule has 0 bridgehead atoms. The van der Waals surface area contributed by atoms with E-state index in [0.717, 1.165) is 6.42 Å². The van der Waals surface area contributed by atoms with Crippen LogP contribution < -0.4 is 0 Å². The van der Waals surface area contributed by atoms with Crippen LogP contribution in [-0.2, 0) is 4.79 Å². The third-order valence-corrected chi connectivity index (χ3v) is 3.13. The Kier molecular flexibility index (Phi) is 4.54. The zero-order chi connectivity index (χ0) is 11.3. The van der Waals surface area contributed by atoms with Gasteiger partial charge in [0.1, 0.15) is 5.78 Å². The second-order valence-corrected chi connectivity index (χ2v) is 4.03. The minimum Gasteiger partial charge on any atom is -0.299 e. The standard InChI is InChI=1S/C14H20O/c1-4-13(14(15)5-2)11(3)12-9-7-6-8-10-12/h6-11,13H,4-5H2,1-3H3/t11-,13+/m0/s1. The van der Waals surface area contributed by atoms with E-state index in [4.69, 9.17) is 0 Å². The maximum atomic E-state index is 11.8. The average Bonchev–Trinajstić information content (AvgIpc) is 2.30. The second kappa shape index (κ2) is 5.69. The summed E-state index contributed by atoms with van der Waals surface area (Å²) in [5, 5.41) is 0. The van der Waals surface area contributed by atoms with E-state index in [1.807, 2.05) is 25.1 Å². The fourth-order valence-corrected chi connectivity index (χ4v) is 2.11. The van der Waals surface area contributed by atoms with Crippen molar-refractivity contribution in [3.05, 3.63) is 35.9 Å². The van der Waals surface area contributed by atoms with Crippen molar-refractivity contribution in [1.29, 1.82) is 0 Å². The Balaban J connectivity index is 2.82. The molecule has 0 aromatic heterocycles. The van der Waals surface area contributed by atoms with Crippen LogP contribution in [-0.4, -0.2) is 5.78 Å². The Morgan fingerprint density at radius 2 is 1.80 bits per heavy atom. The molecule has 0 radical (unpaired) electrons. The van der Waals surface area contributed by atoms with E-state index in [-0.39, 0.29) is 5.92 Å². The summed E-state index contributed by atoms with van der Waals surface area (Å²) in [6.07, 6.45) is 1.58. The van der Waals surface area contributed by atoms with E-state index in [1.165, 1.54) is 5.56 Å². The van der Waals surface area contributed by atoms with Crippen molar-refractivity contribution in [3.8, 4) is 0 Å². The highest BCUT2D eigenvalue weighted by Crippen LogP contribution is 2.27. The Hall–Kier alpha value is -1.11. The number of Topliss-reactive ketones (excluding diaryl/α,β-unsaturated/α-hetero) is 1. The minimum absolute atomic E-state index is 0.178. The van der Waals surface area contributed by atoms with Crippen LogP contribution in [0.5, 0.6) is 0 Å². The lowest BCUT2D eigenvalue weighted by molar-refractivity contribution is -0.123. The summed E-state index contributed by atoms with van der Waals surface area (Å²) in [5.74, 6) is 0.898. The first-order chi connectivity index (χ1) is 7.20. The molecule has 0 aliphatic heterocycles. The van der Waals surface area contributed by atoms with Gasteiger partial charge < -0.3 is 0 Å². The number of carbonyl (C=O) groups excluding carboxylic acids is 1. The van der Waals surface area contributed by atoms with E-state index in [9.17, 15) is 4.79 Å². The molecule has 0 aliphatic carbocycles. The molecular formula is C14H20O. The molecule has 0 saturated carbocycles. The van der Waals surface area contributed by atoms with Gasteiger partial charge in [-0.2, -0.15) is 0 Å². The first-order valence-electron chi connectivity index (χ1n) is 5.78. The molecular weight excluding hydrogens is 184 g/mol. The van der Waals surface area contributed by atoms with Gasteiger partial charge in [-0.1, -0.05) is 51.1 Å². The van der Waals surface area contributed by atoms with Crippen LogP contribution in [0.4, 0.5) is 0 Å². The Morgan fingerprint density at radius 1 is 1.20 bits per heavy atom. The highest BCUT2D eigenvalue weighted by molar-refractivity contribution is 5.81. The lowest BCUT2D eigenvalue weighted by atomic mass is 9.82. The Morgan fingerprint density at radius 3 is 2.27 bits per heavy atom. The van der Waals surface area contributed by atoms with Crippen molar-refractivity contribution in [2.75, 3.05) is 0 Å². The zero-order valence-electron chi connectivity index (χ0n) is 9.86. The molecule has 0 amide bonds. The predicted octanol–water partition coefficient (Wildman–Crippen LogP) is 3.80. The molecule has 1 nitrogen and oxygen atoms in total. The first kappa shape index (κ1) is 12.0. The van der Waals surface area contributed by atoms with Crippen LogP contribution in [0.15, 0.2) is 30.3 Å². The van der Waals surface area contributed by atoms with Gasteiger partial charge in [0.15, 0.2) is 0 Å². The summed E-state index contributed by atoms with van der Waals surface area (Å²) >= 11 is 0. The molecule has 1 heteroatoms. The van der Waals surface area contributed by atoms with Crippen molar-refractivity contribution in [1.82, 2.24) is 0 Å². The monoisotopic (exact) mass is 204 g/mol. The summed E-state index contributed by atoms with van der Waals surface area (Å²) in [6.45, 7) is 6.19. The smallest absolute Gasteiger partial charge is 0.136 e. The van der Waals surface area contributed by atoms with E-state index in [2.05, 4.69) is 26.0 Å². The van der Waals surface area contributed by atoms with Gasteiger partial charge in [-0.3, -0.25) is 4.79 Å². The number of rotatable bonds is 5. The maximum Gasteiger partial charge on any atom is 0.136 e. The fraction of sp³-hybridized carbons (Fsp3) is 0.500. The molecule has 0 saturated heterocycles. The van der Waals surface area contributed by atoms with Crippen molar-refractivity contribution in [2.24, 2.45) is 5.92 Å². The molecule has 0 heterocycles. The Labute approximate surface area is 92.5 Å². The number of benzene rings is 1. The minimum atomic E-state index is 0.178. The summed E-state index contributed by atoms with van der Waals surface area (Å²) in [6, 6.07) is 10.3. The van der Waals surface area contributed by atoms with Crippen molar-refractivity contribution >= 4 is 5.78 Å². The van der Waals surface area contributed by atoms with Crippen LogP contribution in [0.1, 0.15) is 45.1 Å². The van der Waals surface area contributed by atoms with Crippen molar-refractivity contribution in [3.63, 3.8) is 0 Å². The Bertz CT molecular complexity index is 302. The molecule has 1 aromatic carbocycles. The number of carbonyl (C=O) groups is 1. The van der Waals surface area contributed by atoms with Crippen LogP contribution in [0.2, 0.25) is 0 Å². The van der Waals surface area contributed by atoms with Crippen LogP contribution >= 0.6 is 0 Å². The second-order valence-electron chi connectivity index (χ2n) is 4.03. The van der Waals surface area contributed by atoms with E-state index >= 15 is 0 Å². The first-order valence-corrected chi connectivity index (χ1v) is 5.78. The highest BCUT2D eigenvalue weighted by Gasteiger charge is 2.22. The largest absolute Gasteiger partial charge is 0.299 e. The number of hydrogen-bond acceptors (Lipinski definition) is 1. The molecule has 15 heavy (non-hydrogen) atoms. The van der Waals surface area contributed by atoms with E-state index in [1.54, 1.807) is 0 Å². The van der Waals surface area contributed by atoms with Gasteiger partial charge in [0, 0.05) is 12.3 Å². The SMILES string of the molecule is CCC(=O)[C@H](CC)[C@@H](C)c1ccccc1. The average molecular weight is 204 g/mol. The van der Waals surface area contributed by atoms with Crippen LogP contribution in [0.25, 0.3) is 0 Å². The molecule has 2 atom stereocenters. The molecule has 1 aromatic rings. The summed E-state index contributed by atoms with van der Waals surface area (Å²) < 4.78 is 0. The summed E-state index contributed by atoms with van der Waals surface area (Å²) in [5.41, 5.74) is 1.27. The maximum absolute atomic E-state index is 11.8. The van der Waals surface area contributed by atoms with Gasteiger partial charge in [0.25, 0.3) is 0 Å². The zero-order valence-corrected chi connectivity index (χ0v) is 9.86. The van der Waals surface area contributed by atoms with Gasteiger partial charge in [0.2, 0.25) is 0 Å². The van der Waals surface area contributed by atoms with Crippen molar-refractivity contribution < 1.29 is 4.79 Å². The highest BCUT2D eigenvalue weighted by atomic mass is 16.1. The fourth-order valence-electron chi connectivity index (χ4n) is 2.11. The molecule has 0 aliphatic rings. The molecule has 0 unspecified atom stereocenters. The molecule has 82 valence electrons.